The number of nitrogens with zero attached hydrogens (tertiary/aromatic N) is 3. The molecule has 1 aliphatic carbocycles. The lowest BCUT2D eigenvalue weighted by Gasteiger charge is -2.34. The Labute approximate surface area is 239 Å². The Kier molecular flexibility index (Phi) is 8.06. The van der Waals surface area contributed by atoms with Crippen molar-refractivity contribution in [3.63, 3.8) is 0 Å². The van der Waals surface area contributed by atoms with Crippen LogP contribution >= 0.6 is 0 Å². The highest BCUT2D eigenvalue weighted by Gasteiger charge is 2.47. The zero-order chi connectivity index (χ0) is 29.3. The SMILES string of the molecule is COC(=O)C1CC2CN1C(=O)C(C(C)(C)C)NC(=O)OC1CC1CC=CCCc1nc3ccc(OC)cc3nc1O2. The number of hydrogen-bond donors (Lipinski definition) is 1. The Balaban J connectivity index is 1.51. The van der Waals surface area contributed by atoms with E-state index in [0.717, 1.165) is 24.8 Å². The predicted octanol–water partition coefficient (Wildman–Crippen LogP) is 3.58. The number of benzene rings is 1. The summed E-state index contributed by atoms with van der Waals surface area (Å²) in [6.45, 7) is 5.68. The van der Waals surface area contributed by atoms with E-state index in [2.05, 4.69) is 17.5 Å². The van der Waals surface area contributed by atoms with Crippen LogP contribution in [0.15, 0.2) is 30.4 Å². The Morgan fingerprint density at radius 3 is 2.61 bits per heavy atom. The molecule has 3 heterocycles. The van der Waals surface area contributed by atoms with Crippen molar-refractivity contribution >= 4 is 29.0 Å². The average molecular weight is 567 g/mol. The third-order valence-electron chi connectivity index (χ3n) is 7.85. The van der Waals surface area contributed by atoms with Crippen LogP contribution in [0.25, 0.3) is 11.0 Å². The summed E-state index contributed by atoms with van der Waals surface area (Å²) in [5.74, 6) is 0.306. The summed E-state index contributed by atoms with van der Waals surface area (Å²) in [4.78, 5) is 50.7. The second-order valence-corrected chi connectivity index (χ2v) is 12.0. The summed E-state index contributed by atoms with van der Waals surface area (Å²) in [6.07, 6.45) is 5.93. The van der Waals surface area contributed by atoms with Gasteiger partial charge in [-0.2, -0.15) is 0 Å². The molecule has 5 rings (SSSR count). The number of alkyl carbamates (subject to hydrolysis) is 1. The maximum atomic E-state index is 13.9. The molecule has 5 atom stereocenters. The van der Waals surface area contributed by atoms with E-state index in [1.165, 1.54) is 12.0 Å². The molecule has 1 aromatic heterocycles. The fraction of sp³-hybridized carbons (Fsp3) is 0.567. The molecule has 2 amide bonds. The molecule has 1 aromatic carbocycles. The molecule has 2 aromatic rings. The molecular formula is C30H38N4O7. The van der Waals surface area contributed by atoms with E-state index >= 15 is 0 Å². The molecule has 5 unspecified atom stereocenters. The molecule has 11 nitrogen and oxygen atoms in total. The van der Waals surface area contributed by atoms with Crippen molar-refractivity contribution in [3.8, 4) is 11.6 Å². The molecule has 0 radical (unpaired) electrons. The number of ether oxygens (including phenoxy) is 4. The first-order valence-corrected chi connectivity index (χ1v) is 14.1. The topological polar surface area (TPSA) is 129 Å². The molecule has 11 heteroatoms. The number of methoxy groups -OCH3 is 2. The van der Waals surface area contributed by atoms with Gasteiger partial charge in [0.1, 0.15) is 35.7 Å². The maximum absolute atomic E-state index is 13.9. The molecule has 2 fully saturated rings. The first kappa shape index (κ1) is 28.6. The first-order chi connectivity index (χ1) is 19.6. The monoisotopic (exact) mass is 566 g/mol. The summed E-state index contributed by atoms with van der Waals surface area (Å²) in [5.41, 5.74) is 1.38. The van der Waals surface area contributed by atoms with Crippen molar-refractivity contribution in [2.24, 2.45) is 11.3 Å². The van der Waals surface area contributed by atoms with Crippen LogP contribution in [-0.4, -0.2) is 77.9 Å². The van der Waals surface area contributed by atoms with Gasteiger partial charge in [0.15, 0.2) is 0 Å². The smallest absolute Gasteiger partial charge is 0.408 e. The van der Waals surface area contributed by atoms with Crippen LogP contribution < -0.4 is 14.8 Å². The van der Waals surface area contributed by atoms with Crippen LogP contribution in [0.4, 0.5) is 4.79 Å². The number of carbonyl (C=O) groups is 3. The van der Waals surface area contributed by atoms with Crippen molar-refractivity contribution in [2.45, 2.75) is 77.2 Å². The van der Waals surface area contributed by atoms with Gasteiger partial charge in [-0.25, -0.2) is 19.6 Å². The molecule has 3 aliphatic rings. The Morgan fingerprint density at radius 2 is 1.88 bits per heavy atom. The van der Waals surface area contributed by atoms with Crippen LogP contribution in [0.3, 0.4) is 0 Å². The van der Waals surface area contributed by atoms with E-state index < -0.39 is 41.6 Å². The maximum Gasteiger partial charge on any atom is 0.408 e. The number of hydrogen-bond acceptors (Lipinski definition) is 9. The van der Waals surface area contributed by atoms with Gasteiger partial charge in [-0.1, -0.05) is 32.9 Å². The molecule has 0 spiro atoms. The average Bonchev–Trinajstić information content (AvgIpc) is 3.53. The van der Waals surface area contributed by atoms with Crippen LogP contribution in [0.5, 0.6) is 11.6 Å². The number of allylic oxidation sites excluding steroid dienone is 2. The number of rotatable bonds is 2. The molecule has 2 bridgehead atoms. The minimum atomic E-state index is -0.930. The Hall–Kier alpha value is -3.89. The standard InChI is InChI=1S/C30H38N4O7/c1-30(2,3)25-27(35)34-16-19(15-23(34)28(36)39-5)40-26-21(31-20-12-11-18(38-4)14-22(20)32-26)10-8-6-7-9-17-13-24(17)41-29(37)33-25/h6-7,11-12,14,17,19,23-25H,8-10,13,15-16H2,1-5H3,(H,33,37). The van der Waals surface area contributed by atoms with Crippen LogP contribution in [-0.2, 0) is 25.5 Å². The number of amides is 2. The van der Waals surface area contributed by atoms with Gasteiger partial charge in [-0.3, -0.25) is 4.79 Å². The quantitative estimate of drug-likeness (QED) is 0.428. The normalized spacial score (nSPS) is 27.0. The highest BCUT2D eigenvalue weighted by Crippen LogP contribution is 2.37. The summed E-state index contributed by atoms with van der Waals surface area (Å²) < 4.78 is 22.4. The summed E-state index contributed by atoms with van der Waals surface area (Å²) in [6, 6.07) is 3.69. The van der Waals surface area contributed by atoms with Crippen LogP contribution in [0.1, 0.15) is 52.1 Å². The van der Waals surface area contributed by atoms with Gasteiger partial charge in [0, 0.05) is 18.4 Å². The lowest BCUT2D eigenvalue weighted by molar-refractivity contribution is -0.152. The molecule has 1 saturated carbocycles. The largest absolute Gasteiger partial charge is 0.497 e. The highest BCUT2D eigenvalue weighted by molar-refractivity contribution is 5.91. The van der Waals surface area contributed by atoms with Gasteiger partial charge in [-0.05, 0) is 43.2 Å². The number of nitrogens with one attached hydrogen (secondary N) is 1. The number of esters is 1. The van der Waals surface area contributed by atoms with E-state index in [9.17, 15) is 14.4 Å². The Morgan fingerprint density at radius 1 is 1.07 bits per heavy atom. The fourth-order valence-corrected chi connectivity index (χ4v) is 5.41. The number of aromatic nitrogens is 2. The number of aryl methyl sites for hydroxylation is 1. The van der Waals surface area contributed by atoms with E-state index in [-0.39, 0.29) is 25.0 Å². The van der Waals surface area contributed by atoms with Gasteiger partial charge < -0.3 is 29.2 Å². The minimum absolute atomic E-state index is 0.115. The number of carbonyl (C=O) groups excluding carboxylic acids is 3. The molecule has 1 saturated heterocycles. The van der Waals surface area contributed by atoms with E-state index in [0.29, 0.717) is 29.3 Å². The molecule has 220 valence electrons. The second-order valence-electron chi connectivity index (χ2n) is 12.0. The second kappa shape index (κ2) is 11.5. The minimum Gasteiger partial charge on any atom is -0.497 e. The number of fused-ring (bicyclic) bond motifs is 5. The van der Waals surface area contributed by atoms with Crippen LogP contribution in [0, 0.1) is 11.3 Å². The summed E-state index contributed by atoms with van der Waals surface area (Å²) in [5, 5.41) is 2.78. The van der Waals surface area contributed by atoms with Crippen molar-refractivity contribution < 1.29 is 33.3 Å². The van der Waals surface area contributed by atoms with Crippen molar-refractivity contribution in [2.75, 3.05) is 20.8 Å². The fourth-order valence-electron chi connectivity index (χ4n) is 5.41. The van der Waals surface area contributed by atoms with Gasteiger partial charge in [-0.15, -0.1) is 0 Å². The highest BCUT2D eigenvalue weighted by atomic mass is 16.6. The van der Waals surface area contributed by atoms with Crippen molar-refractivity contribution in [3.05, 3.63) is 36.0 Å². The molecule has 2 aliphatic heterocycles. The molecular weight excluding hydrogens is 528 g/mol. The van der Waals surface area contributed by atoms with Crippen LogP contribution in [0.2, 0.25) is 0 Å². The third kappa shape index (κ3) is 6.39. The van der Waals surface area contributed by atoms with Gasteiger partial charge in [0.05, 0.1) is 31.8 Å². The van der Waals surface area contributed by atoms with Gasteiger partial charge >= 0.3 is 12.1 Å². The van der Waals surface area contributed by atoms with E-state index in [1.54, 1.807) is 13.2 Å². The lowest BCUT2D eigenvalue weighted by atomic mass is 9.85. The third-order valence-corrected chi connectivity index (χ3v) is 7.85. The molecule has 41 heavy (non-hydrogen) atoms. The summed E-state index contributed by atoms with van der Waals surface area (Å²) >= 11 is 0. The zero-order valence-electron chi connectivity index (χ0n) is 24.2. The molecule has 1 N–H and O–H groups in total. The van der Waals surface area contributed by atoms with Gasteiger partial charge in [0.2, 0.25) is 11.8 Å². The van der Waals surface area contributed by atoms with E-state index in [4.69, 9.17) is 28.9 Å². The first-order valence-electron chi connectivity index (χ1n) is 14.1. The summed E-state index contributed by atoms with van der Waals surface area (Å²) in [7, 11) is 2.88. The van der Waals surface area contributed by atoms with Crippen molar-refractivity contribution in [1.82, 2.24) is 20.2 Å². The zero-order valence-corrected chi connectivity index (χ0v) is 24.2. The lowest BCUT2D eigenvalue weighted by Crippen LogP contribution is -2.57. The van der Waals surface area contributed by atoms with Crippen molar-refractivity contribution in [1.29, 1.82) is 0 Å². The van der Waals surface area contributed by atoms with Gasteiger partial charge in [0.25, 0.3) is 0 Å². The Bertz CT molecular complexity index is 1350. The predicted molar refractivity (Wildman–Crippen MR) is 149 cm³/mol. The van der Waals surface area contributed by atoms with E-state index in [1.807, 2.05) is 32.9 Å².